The lowest BCUT2D eigenvalue weighted by atomic mass is 9.99. The van der Waals surface area contributed by atoms with Gasteiger partial charge in [-0.2, -0.15) is 13.2 Å². The maximum atomic E-state index is 14.1. The molecule has 10 heteroatoms. The topological polar surface area (TPSA) is 69.5 Å². The van der Waals surface area contributed by atoms with Crippen LogP contribution in [0.4, 0.5) is 18.9 Å². The predicted octanol–water partition coefficient (Wildman–Crippen LogP) is 7.38. The summed E-state index contributed by atoms with van der Waals surface area (Å²) in [4.78, 5) is 14.1. The van der Waals surface area contributed by atoms with Crippen molar-refractivity contribution in [3.05, 3.63) is 137 Å². The number of alkyl halides is 3. The van der Waals surface area contributed by atoms with E-state index in [-0.39, 0.29) is 19.0 Å². The van der Waals surface area contributed by atoms with Gasteiger partial charge in [0.1, 0.15) is 0 Å². The number of hydrogen-bond donors (Lipinski definition) is 3. The van der Waals surface area contributed by atoms with Crippen LogP contribution >= 0.6 is 11.9 Å². The maximum Gasteiger partial charge on any atom is 0.416 e. The fourth-order valence-corrected chi connectivity index (χ4v) is 7.25. The molecular weight excluding hydrogens is 634 g/mol. The fraction of sp³-hybridized carbons (Fsp3) is 0.289. The molecule has 0 spiro atoms. The van der Waals surface area contributed by atoms with Crippen LogP contribution in [0.3, 0.4) is 0 Å². The van der Waals surface area contributed by atoms with Crippen molar-refractivity contribution in [1.82, 2.24) is 15.2 Å². The highest BCUT2D eigenvalue weighted by atomic mass is 32.2. The first kappa shape index (κ1) is 33.6. The molecule has 0 saturated heterocycles. The number of carbonyl (C=O) groups is 1. The highest BCUT2D eigenvalue weighted by Gasteiger charge is 2.30. The number of nitrogens with zero attached hydrogens (tertiary/aromatic N) is 2. The van der Waals surface area contributed by atoms with Gasteiger partial charge < -0.3 is 24.6 Å². The predicted molar refractivity (Wildman–Crippen MR) is 187 cm³/mol. The van der Waals surface area contributed by atoms with Gasteiger partial charge in [0, 0.05) is 42.5 Å². The zero-order valence-corrected chi connectivity index (χ0v) is 27.5. The van der Waals surface area contributed by atoms with Crippen LogP contribution in [-0.4, -0.2) is 40.0 Å². The van der Waals surface area contributed by atoms with E-state index in [1.54, 1.807) is 18.0 Å². The van der Waals surface area contributed by atoms with Crippen LogP contribution in [0, 0.1) is 0 Å². The molecule has 0 bridgehead atoms. The van der Waals surface area contributed by atoms with E-state index in [0.29, 0.717) is 24.1 Å². The van der Waals surface area contributed by atoms with Gasteiger partial charge in [-0.3, -0.25) is 4.79 Å². The van der Waals surface area contributed by atoms with E-state index in [1.165, 1.54) is 17.2 Å². The van der Waals surface area contributed by atoms with Crippen molar-refractivity contribution >= 4 is 34.4 Å². The first-order valence-corrected chi connectivity index (χ1v) is 17.1. The van der Waals surface area contributed by atoms with E-state index in [9.17, 15) is 23.1 Å². The van der Waals surface area contributed by atoms with E-state index in [4.69, 9.17) is 0 Å². The lowest BCUT2D eigenvalue weighted by Gasteiger charge is -2.26. The zero-order chi connectivity index (χ0) is 33.7. The number of anilines is 1. The molecule has 1 aliphatic rings. The number of benzene rings is 4. The standard InChI is InChI=1S/C38H39F3N4O2S/c1-2-29-25-44-16-17-48-45(24-27-12-7-4-8-13-27)34-21-30(20-32(29)36(34)44)37(47)43-33(19-26-10-5-3-6-11-26)35(46)23-42-22-28-14-9-15-31(18-28)38(39,40)41/h3-15,18,20-21,25,33,35,42,46H,2,16-17,19,22-24H2,1H3,(H,43,47)/t33-,35+/m0/s1. The number of nitrogens with one attached hydrogen (secondary N) is 2. The fourth-order valence-electron chi connectivity index (χ4n) is 6.23. The van der Waals surface area contributed by atoms with Gasteiger partial charge in [-0.1, -0.05) is 85.8 Å². The molecule has 6 rings (SSSR count). The van der Waals surface area contributed by atoms with Crippen LogP contribution in [0.5, 0.6) is 0 Å². The summed E-state index contributed by atoms with van der Waals surface area (Å²) in [6.07, 6.45) is -2.05. The average molecular weight is 673 g/mol. The number of aliphatic hydroxyl groups is 1. The van der Waals surface area contributed by atoms with Crippen molar-refractivity contribution in [2.45, 2.75) is 57.7 Å². The minimum atomic E-state index is -4.43. The van der Waals surface area contributed by atoms with Crippen molar-refractivity contribution in [3.63, 3.8) is 0 Å². The van der Waals surface area contributed by atoms with Crippen LogP contribution < -0.4 is 14.9 Å². The molecule has 3 N–H and O–H groups in total. The van der Waals surface area contributed by atoms with Gasteiger partial charge in [-0.15, -0.1) is 0 Å². The quantitative estimate of drug-likeness (QED) is 0.121. The molecule has 1 aliphatic heterocycles. The first-order valence-electron chi connectivity index (χ1n) is 16.2. The minimum absolute atomic E-state index is 0.0721. The molecule has 0 unspecified atom stereocenters. The van der Waals surface area contributed by atoms with E-state index in [0.717, 1.165) is 53.0 Å². The average Bonchev–Trinajstić information content (AvgIpc) is 3.35. The number of aryl methyl sites for hydroxylation is 2. The Kier molecular flexibility index (Phi) is 10.4. The Morgan fingerprint density at radius 2 is 1.65 bits per heavy atom. The molecule has 2 atom stereocenters. The maximum absolute atomic E-state index is 14.1. The van der Waals surface area contributed by atoms with Gasteiger partial charge in [0.15, 0.2) is 0 Å². The van der Waals surface area contributed by atoms with E-state index >= 15 is 0 Å². The number of amides is 1. The smallest absolute Gasteiger partial charge is 0.390 e. The van der Waals surface area contributed by atoms with Crippen molar-refractivity contribution < 1.29 is 23.1 Å². The van der Waals surface area contributed by atoms with Gasteiger partial charge in [0.2, 0.25) is 0 Å². The van der Waals surface area contributed by atoms with Gasteiger partial charge in [0.25, 0.3) is 5.91 Å². The highest BCUT2D eigenvalue weighted by Crippen LogP contribution is 2.39. The molecule has 48 heavy (non-hydrogen) atoms. The SMILES string of the molecule is CCc1cn2c3c(cc(C(=O)N[C@@H](Cc4ccccc4)[C@H](O)CNCc4cccc(C(F)(F)F)c4)cc13)N(Cc1ccccc1)SCC2. The summed E-state index contributed by atoms with van der Waals surface area (Å²) < 4.78 is 44.2. The summed E-state index contributed by atoms with van der Waals surface area (Å²) in [6.45, 7) is 3.88. The Bertz CT molecular complexity index is 1850. The highest BCUT2D eigenvalue weighted by molar-refractivity contribution is 8.00. The normalized spacial score (nSPS) is 14.5. The molecule has 1 amide bonds. The van der Waals surface area contributed by atoms with Gasteiger partial charge in [-0.25, -0.2) is 0 Å². The van der Waals surface area contributed by atoms with Crippen LogP contribution in [-0.2, 0) is 38.7 Å². The lowest BCUT2D eigenvalue weighted by Crippen LogP contribution is -2.48. The molecule has 1 aromatic heterocycles. The Morgan fingerprint density at radius 1 is 0.938 bits per heavy atom. The molecule has 250 valence electrons. The third kappa shape index (κ3) is 7.89. The second-order valence-electron chi connectivity index (χ2n) is 12.1. The number of aromatic nitrogens is 1. The summed E-state index contributed by atoms with van der Waals surface area (Å²) in [5, 5.41) is 18.6. The van der Waals surface area contributed by atoms with Crippen molar-refractivity contribution in [3.8, 4) is 0 Å². The number of hydrogen-bond acceptors (Lipinski definition) is 5. The van der Waals surface area contributed by atoms with Crippen LogP contribution in [0.25, 0.3) is 10.9 Å². The van der Waals surface area contributed by atoms with Crippen LogP contribution in [0.15, 0.2) is 103 Å². The molecule has 0 saturated carbocycles. The number of aliphatic hydroxyl groups excluding tert-OH is 1. The van der Waals surface area contributed by atoms with Gasteiger partial charge in [-0.05, 0) is 65.2 Å². The summed E-state index contributed by atoms with van der Waals surface area (Å²) in [5.74, 6) is 0.601. The lowest BCUT2D eigenvalue weighted by molar-refractivity contribution is -0.137. The Hall–Kier alpha value is -4.25. The third-order valence-electron chi connectivity index (χ3n) is 8.71. The Balaban J connectivity index is 1.25. The van der Waals surface area contributed by atoms with Crippen molar-refractivity contribution in [1.29, 1.82) is 0 Å². The molecular formula is C38H39F3N4O2S. The Labute approximate surface area is 283 Å². The van der Waals surface area contributed by atoms with Crippen LogP contribution in [0.1, 0.15) is 45.1 Å². The molecule has 0 aliphatic carbocycles. The van der Waals surface area contributed by atoms with E-state index in [2.05, 4.69) is 44.8 Å². The molecule has 4 aromatic carbocycles. The summed E-state index contributed by atoms with van der Waals surface area (Å²) in [5.41, 5.74) is 5.63. The number of halogens is 3. The second-order valence-corrected chi connectivity index (χ2v) is 13.2. The number of carbonyl (C=O) groups excluding carboxylic acids is 1. The third-order valence-corrected chi connectivity index (χ3v) is 9.71. The summed E-state index contributed by atoms with van der Waals surface area (Å²) >= 11 is 1.75. The largest absolute Gasteiger partial charge is 0.416 e. The van der Waals surface area contributed by atoms with E-state index in [1.807, 2.05) is 60.7 Å². The van der Waals surface area contributed by atoms with Crippen molar-refractivity contribution in [2.24, 2.45) is 0 Å². The van der Waals surface area contributed by atoms with Crippen LogP contribution in [0.2, 0.25) is 0 Å². The van der Waals surface area contributed by atoms with E-state index < -0.39 is 23.9 Å². The molecule has 2 heterocycles. The number of rotatable bonds is 12. The van der Waals surface area contributed by atoms with Crippen molar-refractivity contribution in [2.75, 3.05) is 16.6 Å². The monoisotopic (exact) mass is 672 g/mol. The second kappa shape index (κ2) is 14.9. The summed E-state index contributed by atoms with van der Waals surface area (Å²) in [6, 6.07) is 28.2. The first-order chi connectivity index (χ1) is 23.2. The summed E-state index contributed by atoms with van der Waals surface area (Å²) in [7, 11) is 0. The van der Waals surface area contributed by atoms with Gasteiger partial charge in [0.05, 0.1) is 35.5 Å². The molecule has 5 aromatic rings. The Morgan fingerprint density at radius 3 is 2.35 bits per heavy atom. The molecule has 6 nitrogen and oxygen atoms in total. The zero-order valence-electron chi connectivity index (χ0n) is 26.7. The molecule has 0 radical (unpaired) electrons. The molecule has 0 fully saturated rings. The minimum Gasteiger partial charge on any atom is -0.390 e. The van der Waals surface area contributed by atoms with Gasteiger partial charge >= 0.3 is 6.18 Å².